The molecule has 1 radical (unpaired) electrons. The van der Waals surface area contributed by atoms with Gasteiger partial charge in [-0.1, -0.05) is 66.2 Å². The van der Waals surface area contributed by atoms with Gasteiger partial charge in [0, 0.05) is 5.56 Å². The molecule has 4 heteroatoms. The van der Waals surface area contributed by atoms with Crippen LogP contribution in [0, 0.1) is 6.07 Å². The van der Waals surface area contributed by atoms with Crippen LogP contribution in [0.25, 0.3) is 28.1 Å². The minimum Gasteiger partial charge on any atom is -0.384 e. The second kappa shape index (κ2) is 7.27. The summed E-state index contributed by atoms with van der Waals surface area (Å²) in [5.41, 5.74) is 4.41. The summed E-state index contributed by atoms with van der Waals surface area (Å²) in [6.07, 6.45) is 0. The van der Waals surface area contributed by atoms with E-state index in [2.05, 4.69) is 41.5 Å². The Hall–Kier alpha value is -2.88. The third kappa shape index (κ3) is 3.59. The van der Waals surface area contributed by atoms with Crippen molar-refractivity contribution in [2.45, 2.75) is 19.4 Å². The molecular weight excluding hydrogens is 368 g/mol. The minimum absolute atomic E-state index is 0.587. The lowest BCUT2D eigenvalue weighted by Crippen LogP contribution is -2.16. The fraction of sp³-hybridized carbons (Fsp3) is 0.125. The van der Waals surface area contributed by atoms with E-state index in [9.17, 15) is 5.11 Å². The van der Waals surface area contributed by atoms with Gasteiger partial charge in [-0.25, -0.2) is 4.68 Å². The van der Waals surface area contributed by atoms with Crippen LogP contribution in [0.4, 0.5) is 0 Å². The van der Waals surface area contributed by atoms with Gasteiger partial charge in [0.1, 0.15) is 5.60 Å². The van der Waals surface area contributed by atoms with E-state index in [1.807, 2.05) is 48.5 Å². The summed E-state index contributed by atoms with van der Waals surface area (Å²) in [4.78, 5) is 0. The first-order valence-corrected chi connectivity index (χ1v) is 9.46. The summed E-state index contributed by atoms with van der Waals surface area (Å²) in [6, 6.07) is 28.7. The van der Waals surface area contributed by atoms with Gasteiger partial charge < -0.3 is 5.11 Å². The molecule has 1 N–H and O–H groups in total. The lowest BCUT2D eigenvalue weighted by Gasteiger charge is -2.13. The topological polar surface area (TPSA) is 38.0 Å². The highest BCUT2D eigenvalue weighted by Gasteiger charge is 2.23. The molecule has 139 valence electrons. The molecule has 3 nitrogen and oxygen atoms in total. The number of aromatic nitrogens is 2. The van der Waals surface area contributed by atoms with Gasteiger partial charge in [-0.05, 0) is 55.3 Å². The Kier molecular flexibility index (Phi) is 4.80. The molecule has 0 aliphatic carbocycles. The summed E-state index contributed by atoms with van der Waals surface area (Å²) in [7, 11) is 0. The smallest absolute Gasteiger partial charge is 0.103 e. The van der Waals surface area contributed by atoms with Crippen molar-refractivity contribution in [2.75, 3.05) is 0 Å². The standard InChI is InChI=1S/C24H20ClN2O/c1-24(2,28)23-16-22(27(26-23)21-11-7-6-10-20(21)25)19-14-12-18(13-15-19)17-8-4-3-5-9-17/h3-4,6-16,28H,1-2H3. The number of hydrogen-bond donors (Lipinski definition) is 1. The molecule has 0 aliphatic heterocycles. The van der Waals surface area contributed by atoms with E-state index in [-0.39, 0.29) is 0 Å². The highest BCUT2D eigenvalue weighted by molar-refractivity contribution is 6.32. The van der Waals surface area contributed by atoms with E-state index >= 15 is 0 Å². The number of halogens is 1. The first kappa shape index (κ1) is 18.5. The first-order chi connectivity index (χ1) is 13.4. The van der Waals surface area contributed by atoms with E-state index < -0.39 is 5.60 Å². The van der Waals surface area contributed by atoms with E-state index in [4.69, 9.17) is 11.6 Å². The van der Waals surface area contributed by atoms with E-state index in [0.29, 0.717) is 10.7 Å². The molecule has 0 saturated heterocycles. The Morgan fingerprint density at radius 1 is 0.929 bits per heavy atom. The van der Waals surface area contributed by atoms with Crippen LogP contribution >= 0.6 is 11.6 Å². The summed E-state index contributed by atoms with van der Waals surface area (Å²) < 4.78 is 1.79. The lowest BCUT2D eigenvalue weighted by molar-refractivity contribution is 0.0734. The Morgan fingerprint density at radius 2 is 1.64 bits per heavy atom. The zero-order chi connectivity index (χ0) is 19.7. The van der Waals surface area contributed by atoms with E-state index in [1.54, 1.807) is 18.5 Å². The monoisotopic (exact) mass is 387 g/mol. The first-order valence-electron chi connectivity index (χ1n) is 9.08. The predicted molar refractivity (Wildman–Crippen MR) is 114 cm³/mol. The van der Waals surface area contributed by atoms with Crippen molar-refractivity contribution in [1.29, 1.82) is 0 Å². The van der Waals surface area contributed by atoms with Gasteiger partial charge in [-0.15, -0.1) is 0 Å². The molecule has 3 aromatic carbocycles. The number of hydrogen-bond acceptors (Lipinski definition) is 2. The zero-order valence-electron chi connectivity index (χ0n) is 15.7. The molecule has 0 spiro atoms. The van der Waals surface area contributed by atoms with Crippen LogP contribution in [-0.2, 0) is 5.60 Å². The van der Waals surface area contributed by atoms with Gasteiger partial charge in [0.2, 0.25) is 0 Å². The zero-order valence-corrected chi connectivity index (χ0v) is 16.5. The second-order valence-corrected chi connectivity index (χ2v) is 7.61. The number of nitrogens with zero attached hydrogens (tertiary/aromatic N) is 2. The number of para-hydroxylation sites is 1. The van der Waals surface area contributed by atoms with Crippen molar-refractivity contribution in [3.05, 3.63) is 95.6 Å². The van der Waals surface area contributed by atoms with Crippen molar-refractivity contribution in [1.82, 2.24) is 9.78 Å². The average molecular weight is 388 g/mol. The molecule has 28 heavy (non-hydrogen) atoms. The van der Waals surface area contributed by atoms with Crippen LogP contribution in [0.5, 0.6) is 0 Å². The van der Waals surface area contributed by atoms with Gasteiger partial charge in [0.25, 0.3) is 0 Å². The molecule has 0 amide bonds. The van der Waals surface area contributed by atoms with Gasteiger partial charge in [-0.2, -0.15) is 5.10 Å². The summed E-state index contributed by atoms with van der Waals surface area (Å²) in [5, 5.41) is 15.7. The normalized spacial score (nSPS) is 11.6. The van der Waals surface area contributed by atoms with Gasteiger partial charge in [0.05, 0.1) is 22.1 Å². The number of rotatable bonds is 4. The van der Waals surface area contributed by atoms with Crippen LogP contribution in [0.15, 0.2) is 78.9 Å². The molecule has 0 unspecified atom stereocenters. The van der Waals surface area contributed by atoms with E-state index in [0.717, 1.165) is 28.1 Å². The molecule has 4 aromatic rings. The summed E-state index contributed by atoms with van der Waals surface area (Å²) >= 11 is 6.42. The predicted octanol–water partition coefficient (Wildman–Crippen LogP) is 5.89. The Labute approximate surface area is 169 Å². The maximum atomic E-state index is 10.5. The SMILES string of the molecule is CC(C)(O)c1cc(-c2ccc(-c3c[c]ccc3)cc2)n(-c2ccccc2Cl)n1. The van der Waals surface area contributed by atoms with Crippen molar-refractivity contribution in [3.8, 4) is 28.1 Å². The second-order valence-electron chi connectivity index (χ2n) is 7.21. The fourth-order valence-corrected chi connectivity index (χ4v) is 3.31. The van der Waals surface area contributed by atoms with Crippen molar-refractivity contribution < 1.29 is 5.11 Å². The molecule has 0 atom stereocenters. The van der Waals surface area contributed by atoms with Gasteiger partial charge in [0.15, 0.2) is 0 Å². The Balaban J connectivity index is 1.83. The molecule has 1 aromatic heterocycles. The third-order valence-electron chi connectivity index (χ3n) is 4.64. The highest BCUT2D eigenvalue weighted by Crippen LogP contribution is 2.32. The van der Waals surface area contributed by atoms with Crippen LogP contribution in [-0.4, -0.2) is 14.9 Å². The van der Waals surface area contributed by atoms with Crippen molar-refractivity contribution in [2.24, 2.45) is 0 Å². The molecule has 0 saturated carbocycles. The van der Waals surface area contributed by atoms with Crippen molar-refractivity contribution >= 4 is 11.6 Å². The molecular formula is C24H20ClN2O. The van der Waals surface area contributed by atoms with Gasteiger partial charge in [-0.3, -0.25) is 0 Å². The Morgan fingerprint density at radius 3 is 2.29 bits per heavy atom. The average Bonchev–Trinajstić information content (AvgIpc) is 3.15. The largest absolute Gasteiger partial charge is 0.384 e. The molecule has 1 heterocycles. The molecule has 0 fully saturated rings. The Bertz CT molecular complexity index is 1090. The summed E-state index contributed by atoms with van der Waals surface area (Å²) in [6.45, 7) is 3.45. The van der Waals surface area contributed by atoms with Crippen LogP contribution in [0.1, 0.15) is 19.5 Å². The summed E-state index contributed by atoms with van der Waals surface area (Å²) in [5.74, 6) is 0. The number of aliphatic hydroxyl groups is 1. The maximum Gasteiger partial charge on any atom is 0.103 e. The quantitative estimate of drug-likeness (QED) is 0.474. The van der Waals surface area contributed by atoms with Gasteiger partial charge >= 0.3 is 0 Å². The highest BCUT2D eigenvalue weighted by atomic mass is 35.5. The minimum atomic E-state index is -1.05. The fourth-order valence-electron chi connectivity index (χ4n) is 3.10. The van der Waals surface area contributed by atoms with Crippen LogP contribution < -0.4 is 0 Å². The maximum absolute atomic E-state index is 10.5. The third-order valence-corrected chi connectivity index (χ3v) is 4.96. The molecule has 0 aliphatic rings. The lowest BCUT2D eigenvalue weighted by atomic mass is 10.0. The van der Waals surface area contributed by atoms with E-state index in [1.165, 1.54) is 0 Å². The van der Waals surface area contributed by atoms with Crippen LogP contribution in [0.2, 0.25) is 5.02 Å². The number of benzene rings is 3. The van der Waals surface area contributed by atoms with Crippen molar-refractivity contribution in [3.63, 3.8) is 0 Å². The molecule has 4 rings (SSSR count). The van der Waals surface area contributed by atoms with Crippen LogP contribution in [0.3, 0.4) is 0 Å². The molecule has 0 bridgehead atoms.